The van der Waals surface area contributed by atoms with Crippen molar-refractivity contribution in [2.45, 2.75) is 0 Å². The molecule has 0 amide bonds. The first kappa shape index (κ1) is 7.25. The Morgan fingerprint density at radius 1 is 1.00 bits per heavy atom. The Kier molecular flexibility index (Phi) is 0.691. The van der Waals surface area contributed by atoms with E-state index >= 15 is 0 Å². The SMILES string of the molecule is COC(=O)C12C3C4C1C1C2C3C41C(=O)[O-]. The average Bonchev–Trinajstić information content (AvgIpc) is 2.27. The van der Waals surface area contributed by atoms with Crippen molar-refractivity contribution in [3.63, 3.8) is 0 Å². The summed E-state index contributed by atoms with van der Waals surface area (Å²) in [6.45, 7) is 0. The molecule has 0 unspecified atom stereocenters. The van der Waals surface area contributed by atoms with Crippen LogP contribution in [-0.2, 0) is 14.3 Å². The number of methoxy groups -OCH3 is 1. The van der Waals surface area contributed by atoms with Crippen molar-refractivity contribution in [2.24, 2.45) is 46.3 Å². The second kappa shape index (κ2) is 1.43. The topological polar surface area (TPSA) is 66.4 Å². The maximum Gasteiger partial charge on any atom is 0.312 e. The molecule has 6 rings (SSSR count). The number of carboxylic acids is 1. The van der Waals surface area contributed by atoms with E-state index in [1.807, 2.05) is 0 Å². The van der Waals surface area contributed by atoms with Gasteiger partial charge in [0.2, 0.25) is 0 Å². The summed E-state index contributed by atoms with van der Waals surface area (Å²) < 4.78 is 4.85. The molecule has 0 atom stereocenters. The molecule has 6 fully saturated rings. The molecule has 6 aliphatic carbocycles. The number of esters is 1. The van der Waals surface area contributed by atoms with E-state index in [1.54, 1.807) is 0 Å². The van der Waals surface area contributed by atoms with Gasteiger partial charge in [-0.05, 0) is 35.5 Å². The summed E-state index contributed by atoms with van der Waals surface area (Å²) in [7, 11) is 1.43. The van der Waals surface area contributed by atoms with Crippen molar-refractivity contribution in [1.82, 2.24) is 0 Å². The standard InChI is InChI=1S/C11H10O4/c1-15-9(14)11-5-2-6(11)4-7(11)3(5)10(2,4)8(12)13/h2-7H,1H3,(H,12,13)/p-1. The normalized spacial score (nSPS) is 72.3. The summed E-state index contributed by atoms with van der Waals surface area (Å²) >= 11 is 0. The van der Waals surface area contributed by atoms with Crippen LogP contribution in [0.3, 0.4) is 0 Å². The van der Waals surface area contributed by atoms with Crippen molar-refractivity contribution >= 4 is 11.9 Å². The van der Waals surface area contributed by atoms with E-state index in [0.29, 0.717) is 17.8 Å². The molecule has 0 saturated heterocycles. The summed E-state index contributed by atoms with van der Waals surface area (Å²) in [5.41, 5.74) is -0.693. The van der Waals surface area contributed by atoms with E-state index in [9.17, 15) is 14.7 Å². The van der Waals surface area contributed by atoms with E-state index in [0.717, 1.165) is 0 Å². The van der Waals surface area contributed by atoms with Crippen LogP contribution in [0.5, 0.6) is 0 Å². The van der Waals surface area contributed by atoms with Gasteiger partial charge >= 0.3 is 5.97 Å². The number of hydrogen-bond donors (Lipinski definition) is 0. The van der Waals surface area contributed by atoms with E-state index in [-0.39, 0.29) is 29.1 Å². The molecule has 4 heteroatoms. The highest BCUT2D eigenvalue weighted by Gasteiger charge is 3.12. The number of carbonyl (C=O) groups is 2. The van der Waals surface area contributed by atoms with Crippen LogP contribution in [0.2, 0.25) is 0 Å². The third kappa shape index (κ3) is 0.291. The van der Waals surface area contributed by atoms with Crippen LogP contribution < -0.4 is 5.11 Å². The third-order valence-electron chi connectivity index (χ3n) is 6.52. The van der Waals surface area contributed by atoms with Gasteiger partial charge in [0.15, 0.2) is 0 Å². The highest BCUT2D eigenvalue weighted by molar-refractivity contribution is 5.95. The Hall–Kier alpha value is -1.06. The molecule has 0 heterocycles. The maximum absolute atomic E-state index is 11.7. The highest BCUT2D eigenvalue weighted by atomic mass is 16.5. The first-order chi connectivity index (χ1) is 7.16. The van der Waals surface area contributed by atoms with Gasteiger partial charge in [-0.3, -0.25) is 4.79 Å². The van der Waals surface area contributed by atoms with Gasteiger partial charge in [-0.2, -0.15) is 0 Å². The Bertz CT molecular complexity index is 412. The zero-order chi connectivity index (χ0) is 10.3. The molecule has 0 aromatic heterocycles. The number of rotatable bonds is 2. The molecule has 0 radical (unpaired) electrons. The zero-order valence-electron chi connectivity index (χ0n) is 8.10. The largest absolute Gasteiger partial charge is 0.550 e. The number of carboxylic acid groups (broad SMARTS) is 1. The molecule has 0 aromatic carbocycles. The molecular weight excluding hydrogens is 196 g/mol. The summed E-state index contributed by atoms with van der Waals surface area (Å²) in [6.07, 6.45) is 0. The van der Waals surface area contributed by atoms with Crippen LogP contribution in [0.15, 0.2) is 0 Å². The predicted octanol–water partition coefficient (Wildman–Crippen LogP) is -1.35. The van der Waals surface area contributed by atoms with Gasteiger partial charge in [0.25, 0.3) is 0 Å². The molecule has 0 N–H and O–H groups in total. The van der Waals surface area contributed by atoms with Crippen LogP contribution in [0.25, 0.3) is 0 Å². The van der Waals surface area contributed by atoms with E-state index in [1.165, 1.54) is 7.11 Å². The molecule has 0 aliphatic heterocycles. The van der Waals surface area contributed by atoms with Gasteiger partial charge in [0, 0.05) is 11.4 Å². The van der Waals surface area contributed by atoms with Crippen molar-refractivity contribution in [3.8, 4) is 0 Å². The minimum atomic E-state index is -0.857. The lowest BCUT2D eigenvalue weighted by molar-refractivity contribution is -0.637. The van der Waals surface area contributed by atoms with Crippen LogP contribution in [0, 0.1) is 46.3 Å². The quantitative estimate of drug-likeness (QED) is 0.523. The fourth-order valence-corrected chi connectivity index (χ4v) is 6.52. The van der Waals surface area contributed by atoms with Gasteiger partial charge in [0.05, 0.1) is 12.5 Å². The summed E-state index contributed by atoms with van der Waals surface area (Å²) in [4.78, 5) is 22.8. The predicted molar refractivity (Wildman–Crippen MR) is 42.8 cm³/mol. The van der Waals surface area contributed by atoms with Crippen LogP contribution in [0.4, 0.5) is 0 Å². The monoisotopic (exact) mass is 205 g/mol. The van der Waals surface area contributed by atoms with Crippen molar-refractivity contribution in [3.05, 3.63) is 0 Å². The minimum Gasteiger partial charge on any atom is -0.550 e. The summed E-state index contributed by atoms with van der Waals surface area (Å²) in [6, 6.07) is 0. The average molecular weight is 205 g/mol. The molecule has 0 spiro atoms. The van der Waals surface area contributed by atoms with Crippen LogP contribution >= 0.6 is 0 Å². The molecule has 0 bridgehead atoms. The van der Waals surface area contributed by atoms with Crippen LogP contribution in [0.1, 0.15) is 0 Å². The zero-order valence-corrected chi connectivity index (χ0v) is 8.10. The molecule has 15 heavy (non-hydrogen) atoms. The fourth-order valence-electron chi connectivity index (χ4n) is 6.52. The van der Waals surface area contributed by atoms with Gasteiger partial charge in [-0.15, -0.1) is 0 Å². The fraction of sp³-hybridized carbons (Fsp3) is 0.818. The van der Waals surface area contributed by atoms with E-state index in [2.05, 4.69) is 0 Å². The second-order valence-corrected chi connectivity index (χ2v) is 5.80. The third-order valence-corrected chi connectivity index (χ3v) is 6.52. The van der Waals surface area contributed by atoms with Crippen molar-refractivity contribution in [2.75, 3.05) is 7.11 Å². The first-order valence-electron chi connectivity index (χ1n) is 5.46. The van der Waals surface area contributed by atoms with E-state index in [4.69, 9.17) is 4.74 Å². The van der Waals surface area contributed by atoms with Crippen LogP contribution in [-0.4, -0.2) is 19.0 Å². The van der Waals surface area contributed by atoms with Gasteiger partial charge in [0.1, 0.15) is 0 Å². The molecule has 6 aliphatic rings. The number of carbonyl (C=O) groups excluding carboxylic acids is 2. The minimum absolute atomic E-state index is 0.0853. The number of hydrogen-bond acceptors (Lipinski definition) is 4. The van der Waals surface area contributed by atoms with Gasteiger partial charge in [-0.25, -0.2) is 0 Å². The van der Waals surface area contributed by atoms with Crippen molar-refractivity contribution in [1.29, 1.82) is 0 Å². The Morgan fingerprint density at radius 3 is 1.73 bits per heavy atom. The molecule has 0 aromatic rings. The molecular formula is C11H9O4-. The molecule has 4 nitrogen and oxygen atoms in total. The lowest BCUT2D eigenvalue weighted by atomic mass is 8.92. The van der Waals surface area contributed by atoms with Crippen molar-refractivity contribution < 1.29 is 19.4 Å². The van der Waals surface area contributed by atoms with E-state index < -0.39 is 11.4 Å². The lowest BCUT2D eigenvalue weighted by Gasteiger charge is -3.10. The highest BCUT2D eigenvalue weighted by Crippen LogP contribution is 3.10. The van der Waals surface area contributed by atoms with Gasteiger partial charge in [-0.1, -0.05) is 0 Å². The molecule has 6 saturated carbocycles. The summed E-state index contributed by atoms with van der Waals surface area (Å²) in [5, 5.41) is 11.1. The second-order valence-electron chi connectivity index (χ2n) is 5.80. The van der Waals surface area contributed by atoms with Gasteiger partial charge < -0.3 is 14.6 Å². The number of ether oxygens (including phenoxy) is 1. The smallest absolute Gasteiger partial charge is 0.312 e. The summed E-state index contributed by atoms with van der Waals surface area (Å²) in [5.74, 6) is 0.862. The maximum atomic E-state index is 11.7. The number of aliphatic carboxylic acids is 1. The Balaban J connectivity index is 1.59. The lowest BCUT2D eigenvalue weighted by Crippen LogP contribution is -3.12. The first-order valence-corrected chi connectivity index (χ1v) is 5.46. The Morgan fingerprint density at radius 2 is 1.40 bits per heavy atom. The molecule has 78 valence electrons. The Labute approximate surface area is 85.6 Å².